The molecular weight excluding hydrogens is 372 g/mol. The number of hydrogen-bond acceptors (Lipinski definition) is 5. The number of benzene rings is 1. The van der Waals surface area contributed by atoms with Crippen molar-refractivity contribution in [2.24, 2.45) is 0 Å². The molecule has 1 N–H and O–H groups in total. The summed E-state index contributed by atoms with van der Waals surface area (Å²) in [5.41, 5.74) is 0. The molecule has 0 bridgehead atoms. The lowest BCUT2D eigenvalue weighted by Gasteiger charge is -2.15. The number of ether oxygens (including phenoxy) is 1. The second-order valence-corrected chi connectivity index (χ2v) is 8.50. The second-order valence-electron chi connectivity index (χ2n) is 4.85. The molecule has 0 unspecified atom stereocenters. The Morgan fingerprint density at radius 2 is 2.00 bits per heavy atom. The molecule has 1 amide bonds. The molecule has 0 saturated heterocycles. The lowest BCUT2D eigenvalue weighted by atomic mass is 10.3. The van der Waals surface area contributed by atoms with Crippen LogP contribution >= 0.6 is 22.9 Å². The minimum absolute atomic E-state index is 0.212. The molecule has 0 aliphatic carbocycles. The molecule has 6 nitrogen and oxygen atoms in total. The van der Waals surface area contributed by atoms with Crippen molar-refractivity contribution in [3.63, 3.8) is 0 Å². The van der Waals surface area contributed by atoms with Gasteiger partial charge in [-0.3, -0.25) is 4.79 Å². The molecule has 130 valence electrons. The van der Waals surface area contributed by atoms with E-state index >= 15 is 0 Å². The van der Waals surface area contributed by atoms with E-state index in [1.165, 1.54) is 13.1 Å². The second kappa shape index (κ2) is 8.48. The summed E-state index contributed by atoms with van der Waals surface area (Å²) >= 11 is 6.89. The van der Waals surface area contributed by atoms with Gasteiger partial charge >= 0.3 is 0 Å². The molecule has 2 aromatic rings. The van der Waals surface area contributed by atoms with E-state index < -0.39 is 15.9 Å². The van der Waals surface area contributed by atoms with Gasteiger partial charge in [0.15, 0.2) is 0 Å². The fourth-order valence-electron chi connectivity index (χ4n) is 1.80. The van der Waals surface area contributed by atoms with Gasteiger partial charge in [-0.25, -0.2) is 8.42 Å². The molecule has 1 heterocycles. The molecule has 0 fully saturated rings. The van der Waals surface area contributed by atoms with Crippen LogP contribution in [0.3, 0.4) is 0 Å². The Morgan fingerprint density at radius 1 is 1.29 bits per heavy atom. The van der Waals surface area contributed by atoms with E-state index in [0.717, 1.165) is 15.6 Å². The third-order valence-corrected chi connectivity index (χ3v) is 6.46. The third-order valence-electron chi connectivity index (χ3n) is 3.03. The zero-order valence-electron chi connectivity index (χ0n) is 12.9. The summed E-state index contributed by atoms with van der Waals surface area (Å²) < 4.78 is 31.1. The Kier molecular flexibility index (Phi) is 6.61. The van der Waals surface area contributed by atoms with E-state index in [-0.39, 0.29) is 23.9 Å². The molecule has 0 aliphatic heterocycles. The van der Waals surface area contributed by atoms with Gasteiger partial charge in [0.25, 0.3) is 10.0 Å². The Hall–Kier alpha value is -1.61. The van der Waals surface area contributed by atoms with Gasteiger partial charge in [-0.15, -0.1) is 11.3 Å². The zero-order chi connectivity index (χ0) is 17.6. The zero-order valence-corrected chi connectivity index (χ0v) is 15.3. The lowest BCUT2D eigenvalue weighted by Crippen LogP contribution is -2.39. The van der Waals surface area contributed by atoms with Crippen molar-refractivity contribution in [3.8, 4) is 5.75 Å². The van der Waals surface area contributed by atoms with Crippen LogP contribution < -0.4 is 10.1 Å². The number of sulfonamides is 1. The Labute approximate surface area is 150 Å². The third kappa shape index (κ3) is 5.20. The molecule has 24 heavy (non-hydrogen) atoms. The molecule has 0 spiro atoms. The van der Waals surface area contributed by atoms with Crippen LogP contribution in [-0.4, -0.2) is 45.4 Å². The van der Waals surface area contributed by atoms with Crippen molar-refractivity contribution < 1.29 is 17.9 Å². The van der Waals surface area contributed by atoms with Crippen molar-refractivity contribution in [1.29, 1.82) is 0 Å². The molecule has 0 radical (unpaired) electrons. The van der Waals surface area contributed by atoms with Gasteiger partial charge in [0.1, 0.15) is 16.6 Å². The van der Waals surface area contributed by atoms with Crippen LogP contribution in [0.15, 0.2) is 46.0 Å². The number of halogens is 1. The molecule has 1 aromatic heterocycles. The molecule has 9 heteroatoms. The predicted octanol–water partition coefficient (Wildman–Crippen LogP) is 2.22. The highest BCUT2D eigenvalue weighted by atomic mass is 35.5. The van der Waals surface area contributed by atoms with Crippen LogP contribution in [0.4, 0.5) is 0 Å². The maximum Gasteiger partial charge on any atom is 0.252 e. The number of carbonyl (C=O) groups is 1. The summed E-state index contributed by atoms with van der Waals surface area (Å²) in [4.78, 5) is 11.8. The first-order chi connectivity index (χ1) is 11.4. The van der Waals surface area contributed by atoms with Crippen LogP contribution in [-0.2, 0) is 14.8 Å². The maximum atomic E-state index is 12.2. The van der Waals surface area contributed by atoms with Crippen LogP contribution in [0.5, 0.6) is 5.75 Å². The minimum Gasteiger partial charge on any atom is -0.492 e. The van der Waals surface area contributed by atoms with Gasteiger partial charge in [0.2, 0.25) is 5.91 Å². The number of rotatable bonds is 8. The van der Waals surface area contributed by atoms with E-state index in [9.17, 15) is 13.2 Å². The fraction of sp³-hybridized carbons (Fsp3) is 0.267. The molecule has 0 atom stereocenters. The summed E-state index contributed by atoms with van der Waals surface area (Å²) in [5, 5.41) is 4.91. The van der Waals surface area contributed by atoms with Crippen molar-refractivity contribution in [2.75, 3.05) is 26.7 Å². The van der Waals surface area contributed by atoms with E-state index in [0.29, 0.717) is 10.8 Å². The highest BCUT2D eigenvalue weighted by molar-refractivity contribution is 7.91. The van der Waals surface area contributed by atoms with Gasteiger partial charge in [-0.05, 0) is 35.7 Å². The van der Waals surface area contributed by atoms with Crippen LogP contribution in [0.1, 0.15) is 0 Å². The van der Waals surface area contributed by atoms with Crippen molar-refractivity contribution >= 4 is 38.9 Å². The monoisotopic (exact) mass is 388 g/mol. The fourth-order valence-corrected chi connectivity index (χ4v) is 4.25. The lowest BCUT2D eigenvalue weighted by molar-refractivity contribution is -0.121. The first-order valence-corrected chi connectivity index (χ1v) is 9.74. The Bertz CT molecular complexity index is 761. The number of nitrogens with one attached hydrogen (secondary N) is 1. The van der Waals surface area contributed by atoms with Crippen LogP contribution in [0, 0.1) is 0 Å². The SMILES string of the molecule is CN(CC(=O)NCCOc1ccc(Cl)cc1)S(=O)(=O)c1cccs1. The number of nitrogens with zero attached hydrogens (tertiary/aromatic N) is 1. The summed E-state index contributed by atoms with van der Waals surface area (Å²) in [6.45, 7) is 0.296. The van der Waals surface area contributed by atoms with E-state index in [1.54, 1.807) is 35.7 Å². The Morgan fingerprint density at radius 3 is 2.62 bits per heavy atom. The number of carbonyl (C=O) groups excluding carboxylic acids is 1. The molecule has 2 rings (SSSR count). The average molecular weight is 389 g/mol. The summed E-state index contributed by atoms with van der Waals surface area (Å²) in [6, 6.07) is 10.0. The molecule has 1 aromatic carbocycles. The standard InChI is InChI=1S/C15H17ClN2O4S2/c1-18(24(20,21)15-3-2-10-23-15)11-14(19)17-8-9-22-13-6-4-12(16)5-7-13/h2-7,10H,8-9,11H2,1H3,(H,17,19). The van der Waals surface area contributed by atoms with Crippen LogP contribution in [0.25, 0.3) is 0 Å². The van der Waals surface area contributed by atoms with Crippen molar-refractivity contribution in [3.05, 3.63) is 46.8 Å². The average Bonchev–Trinajstić information content (AvgIpc) is 3.08. The quantitative estimate of drug-likeness (QED) is 0.703. The topological polar surface area (TPSA) is 75.7 Å². The van der Waals surface area contributed by atoms with Crippen molar-refractivity contribution in [2.45, 2.75) is 4.21 Å². The minimum atomic E-state index is -3.62. The highest BCUT2D eigenvalue weighted by Gasteiger charge is 2.23. The van der Waals surface area contributed by atoms with Gasteiger partial charge in [0, 0.05) is 12.1 Å². The smallest absolute Gasteiger partial charge is 0.252 e. The largest absolute Gasteiger partial charge is 0.492 e. The summed E-state index contributed by atoms with van der Waals surface area (Å²) in [5.74, 6) is 0.253. The normalized spacial score (nSPS) is 11.5. The van der Waals surface area contributed by atoms with E-state index in [2.05, 4.69) is 5.32 Å². The first-order valence-electron chi connectivity index (χ1n) is 7.04. The van der Waals surface area contributed by atoms with Crippen LogP contribution in [0.2, 0.25) is 5.02 Å². The maximum absolute atomic E-state index is 12.2. The van der Waals surface area contributed by atoms with Crippen molar-refractivity contribution in [1.82, 2.24) is 9.62 Å². The van der Waals surface area contributed by atoms with E-state index in [1.807, 2.05) is 0 Å². The first kappa shape index (κ1) is 18.7. The predicted molar refractivity (Wildman–Crippen MR) is 94.1 cm³/mol. The number of thiophene rings is 1. The van der Waals surface area contributed by atoms with Gasteiger partial charge in [0.05, 0.1) is 13.1 Å². The van der Waals surface area contributed by atoms with Gasteiger partial charge < -0.3 is 10.1 Å². The number of likely N-dealkylation sites (N-methyl/N-ethyl adjacent to an activating group) is 1. The molecule has 0 saturated carbocycles. The Balaban J connectivity index is 1.74. The molecule has 0 aliphatic rings. The summed E-state index contributed by atoms with van der Waals surface area (Å²) in [6.07, 6.45) is 0. The van der Waals surface area contributed by atoms with Gasteiger partial charge in [-0.2, -0.15) is 4.31 Å². The molecular formula is C15H17ClN2O4S2. The van der Waals surface area contributed by atoms with E-state index in [4.69, 9.17) is 16.3 Å². The highest BCUT2D eigenvalue weighted by Crippen LogP contribution is 2.19. The number of hydrogen-bond donors (Lipinski definition) is 1. The summed E-state index contributed by atoms with van der Waals surface area (Å²) in [7, 11) is -2.25. The van der Waals surface area contributed by atoms with Gasteiger partial charge in [-0.1, -0.05) is 17.7 Å². The number of amides is 1.